The van der Waals surface area contributed by atoms with Crippen molar-refractivity contribution in [3.63, 3.8) is 0 Å². The van der Waals surface area contributed by atoms with E-state index in [2.05, 4.69) is 29.1 Å². The summed E-state index contributed by atoms with van der Waals surface area (Å²) in [6.45, 7) is 5.96. The molecule has 0 N–H and O–H groups in total. The fraction of sp³-hybridized carbons (Fsp3) is 0.667. The molecule has 0 nitrogen and oxygen atoms in total. The molecule has 0 aromatic heterocycles. The fourth-order valence-corrected chi connectivity index (χ4v) is 3.71. The molecule has 0 rings (SSSR count). The molecule has 0 spiro atoms. The zero-order valence-corrected chi connectivity index (χ0v) is 10.6. The second kappa shape index (κ2) is 8.74. The molecule has 11 heavy (non-hydrogen) atoms. The van der Waals surface area contributed by atoms with E-state index >= 15 is 0 Å². The van der Waals surface area contributed by atoms with Crippen LogP contribution < -0.4 is 0 Å². The zero-order chi connectivity index (χ0) is 8.53. The van der Waals surface area contributed by atoms with Gasteiger partial charge in [-0.3, -0.25) is 0 Å². The molecule has 0 saturated heterocycles. The molecule has 0 atom stereocenters. The van der Waals surface area contributed by atoms with Crippen molar-refractivity contribution in [2.45, 2.75) is 37.9 Å². The molecule has 0 aromatic carbocycles. The minimum absolute atomic E-state index is 0.749. The van der Waals surface area contributed by atoms with Crippen molar-refractivity contribution in [3.8, 4) is 0 Å². The number of allylic oxidation sites excluding steroid dienone is 1. The summed E-state index contributed by atoms with van der Waals surface area (Å²) in [6.07, 6.45) is 7.06. The predicted octanol–water partition coefficient (Wildman–Crippen LogP) is 2.17. The summed E-state index contributed by atoms with van der Waals surface area (Å²) < 4.78 is 1.57. The number of rotatable bonds is 7. The molecule has 0 saturated carbocycles. The minimum atomic E-state index is 0.749. The van der Waals surface area contributed by atoms with Crippen LogP contribution >= 0.6 is 0 Å². The topological polar surface area (TPSA) is 0 Å². The Kier molecular flexibility index (Phi) is 9.26. The third-order valence-electron chi connectivity index (χ3n) is 1.31. The van der Waals surface area contributed by atoms with E-state index < -0.39 is 0 Å². The van der Waals surface area contributed by atoms with Gasteiger partial charge < -0.3 is 0 Å². The molecule has 64 valence electrons. The molecule has 0 heterocycles. The summed E-state index contributed by atoms with van der Waals surface area (Å²) in [4.78, 5) is 0. The molecular formula is C9H16Se2. The Morgan fingerprint density at radius 1 is 1.64 bits per heavy atom. The number of hydrogen-bond acceptors (Lipinski definition) is 0. The standard InChI is InChI=1S/C9H16Se2/c1-3-5-7-9(10)11-8-6-4-2/h3H,1,4-8H2,2H3. The van der Waals surface area contributed by atoms with Gasteiger partial charge in [0.25, 0.3) is 0 Å². The van der Waals surface area contributed by atoms with E-state index in [0.29, 0.717) is 0 Å². The predicted molar refractivity (Wildman–Crippen MR) is 55.7 cm³/mol. The van der Waals surface area contributed by atoms with E-state index in [9.17, 15) is 0 Å². The van der Waals surface area contributed by atoms with Gasteiger partial charge in [0.05, 0.1) is 0 Å². The van der Waals surface area contributed by atoms with E-state index in [4.69, 9.17) is 0 Å². The van der Waals surface area contributed by atoms with E-state index in [1.165, 1.54) is 24.6 Å². The Morgan fingerprint density at radius 2 is 2.36 bits per heavy atom. The monoisotopic (exact) mass is 284 g/mol. The Balaban J connectivity index is 3.15. The molecule has 0 aromatic rings. The Hall–Kier alpha value is 0.649. The molecule has 0 aliphatic heterocycles. The van der Waals surface area contributed by atoms with Crippen LogP contribution in [0.5, 0.6) is 0 Å². The molecule has 0 radical (unpaired) electrons. The van der Waals surface area contributed by atoms with Crippen LogP contribution in [0.25, 0.3) is 0 Å². The van der Waals surface area contributed by atoms with Gasteiger partial charge in [-0.15, -0.1) is 0 Å². The normalized spacial score (nSPS) is 9.55. The second-order valence-corrected chi connectivity index (χ2v) is 7.24. The molecule has 0 aliphatic rings. The summed E-state index contributed by atoms with van der Waals surface area (Å²) in [6, 6.07) is 0. The molecular weight excluding hydrogens is 266 g/mol. The van der Waals surface area contributed by atoms with Gasteiger partial charge >= 0.3 is 84.4 Å². The van der Waals surface area contributed by atoms with Crippen molar-refractivity contribution in [1.82, 2.24) is 0 Å². The quantitative estimate of drug-likeness (QED) is 0.381. The summed E-state index contributed by atoms with van der Waals surface area (Å²) in [5, 5.41) is 1.41. The van der Waals surface area contributed by atoms with Gasteiger partial charge in [-0.05, 0) is 0 Å². The van der Waals surface area contributed by atoms with Crippen LogP contribution in [-0.4, -0.2) is 33.8 Å². The van der Waals surface area contributed by atoms with Crippen LogP contribution in [0.1, 0.15) is 32.6 Å². The van der Waals surface area contributed by atoms with Crippen LogP contribution in [0, 0.1) is 0 Å². The molecule has 0 unspecified atom stereocenters. The van der Waals surface area contributed by atoms with Gasteiger partial charge in [-0.25, -0.2) is 0 Å². The van der Waals surface area contributed by atoms with E-state index in [-0.39, 0.29) is 0 Å². The second-order valence-electron chi connectivity index (χ2n) is 2.40. The van der Waals surface area contributed by atoms with Crippen molar-refractivity contribution < 1.29 is 0 Å². The fourth-order valence-electron chi connectivity index (χ4n) is 0.622. The first-order chi connectivity index (χ1) is 5.31. The molecule has 0 fully saturated rings. The van der Waals surface area contributed by atoms with Gasteiger partial charge in [-0.2, -0.15) is 0 Å². The van der Waals surface area contributed by atoms with E-state index in [0.717, 1.165) is 21.4 Å². The average Bonchev–Trinajstić information content (AvgIpc) is 2.01. The van der Waals surface area contributed by atoms with Gasteiger partial charge in [0.2, 0.25) is 0 Å². The first-order valence-electron chi connectivity index (χ1n) is 4.07. The Labute approximate surface area is 84.3 Å². The molecule has 0 bridgehead atoms. The van der Waals surface area contributed by atoms with Crippen molar-refractivity contribution in [1.29, 1.82) is 0 Å². The van der Waals surface area contributed by atoms with Crippen LogP contribution in [0.15, 0.2) is 12.7 Å². The van der Waals surface area contributed by atoms with Crippen molar-refractivity contribution in [3.05, 3.63) is 12.7 Å². The van der Waals surface area contributed by atoms with Crippen LogP contribution in [-0.2, 0) is 0 Å². The number of unbranched alkanes of at least 4 members (excludes halogenated alkanes) is 1. The third-order valence-corrected chi connectivity index (χ3v) is 5.16. The summed E-state index contributed by atoms with van der Waals surface area (Å²) in [7, 11) is 0. The van der Waals surface area contributed by atoms with Crippen LogP contribution in [0.4, 0.5) is 0 Å². The van der Waals surface area contributed by atoms with Crippen molar-refractivity contribution >= 4 is 33.8 Å². The average molecular weight is 282 g/mol. The van der Waals surface area contributed by atoms with Gasteiger partial charge in [-0.1, -0.05) is 0 Å². The molecule has 0 amide bonds. The van der Waals surface area contributed by atoms with Gasteiger partial charge in [0.15, 0.2) is 0 Å². The zero-order valence-electron chi connectivity index (χ0n) is 7.14. The van der Waals surface area contributed by atoms with Crippen LogP contribution in [0.3, 0.4) is 0 Å². The Bertz CT molecular complexity index is 119. The first kappa shape index (κ1) is 11.6. The van der Waals surface area contributed by atoms with Gasteiger partial charge in [0, 0.05) is 0 Å². The summed E-state index contributed by atoms with van der Waals surface area (Å²) in [5.41, 5.74) is 0. The number of hydrogen-bond donors (Lipinski definition) is 0. The Morgan fingerprint density at radius 3 is 2.91 bits per heavy atom. The van der Waals surface area contributed by atoms with Crippen molar-refractivity contribution in [2.24, 2.45) is 0 Å². The van der Waals surface area contributed by atoms with E-state index in [1.807, 2.05) is 6.08 Å². The van der Waals surface area contributed by atoms with Gasteiger partial charge in [0.1, 0.15) is 0 Å². The van der Waals surface area contributed by atoms with E-state index in [1.54, 1.807) is 3.32 Å². The first-order valence-corrected chi connectivity index (χ1v) is 7.00. The maximum atomic E-state index is 3.71. The summed E-state index contributed by atoms with van der Waals surface area (Å²) >= 11 is 3.92. The van der Waals surface area contributed by atoms with Crippen LogP contribution in [0.2, 0.25) is 5.32 Å². The SMILES string of the molecule is C=CCCC(=[Se])[Se]CCCC. The molecule has 2 heteroatoms. The van der Waals surface area contributed by atoms with Crippen molar-refractivity contribution in [2.75, 3.05) is 0 Å². The summed E-state index contributed by atoms with van der Waals surface area (Å²) in [5.74, 6) is 0. The third kappa shape index (κ3) is 8.56. The maximum absolute atomic E-state index is 3.71. The molecule has 0 aliphatic carbocycles.